The first-order chi connectivity index (χ1) is 13.5. The topological polar surface area (TPSA) is 68.2 Å². The molecule has 0 atom stereocenters. The van der Waals surface area contributed by atoms with E-state index < -0.39 is 6.16 Å². The number of ether oxygens (including phenoxy) is 3. The largest absolute Gasteiger partial charge is 0.508 e. The van der Waals surface area contributed by atoms with Crippen molar-refractivity contribution in [3.63, 3.8) is 0 Å². The van der Waals surface area contributed by atoms with E-state index in [9.17, 15) is 9.90 Å². The summed E-state index contributed by atoms with van der Waals surface area (Å²) >= 11 is 3.46. The second-order valence-electron chi connectivity index (χ2n) is 5.98. The number of methoxy groups -OCH3 is 2. The van der Waals surface area contributed by atoms with Gasteiger partial charge >= 0.3 is 6.16 Å². The molecule has 2 aromatic carbocycles. The molecule has 0 fully saturated rings. The Balaban J connectivity index is 2.09. The molecule has 0 heterocycles. The number of carbonyl (C=O) groups is 1. The van der Waals surface area contributed by atoms with Crippen LogP contribution in [-0.4, -0.2) is 43.5 Å². The van der Waals surface area contributed by atoms with Crippen molar-refractivity contribution >= 4 is 22.1 Å². The highest BCUT2D eigenvalue weighted by Gasteiger charge is 2.14. The van der Waals surface area contributed by atoms with Crippen LogP contribution in [0.15, 0.2) is 59.1 Å². The molecule has 0 aliphatic carbocycles. The Morgan fingerprint density at radius 3 is 2.54 bits per heavy atom. The maximum absolute atomic E-state index is 11.0. The fraction of sp³-hybridized carbons (Fsp3) is 0.286. The molecule has 0 bridgehead atoms. The van der Waals surface area contributed by atoms with Gasteiger partial charge in [0.25, 0.3) is 0 Å². The molecule has 1 N–H and O–H groups in total. The lowest BCUT2D eigenvalue weighted by molar-refractivity contribution is 0.0817. The van der Waals surface area contributed by atoms with Crippen LogP contribution in [0.2, 0.25) is 0 Å². The van der Waals surface area contributed by atoms with Gasteiger partial charge in [-0.3, -0.25) is 4.90 Å². The predicted molar refractivity (Wildman–Crippen MR) is 110 cm³/mol. The van der Waals surface area contributed by atoms with Crippen LogP contribution in [0.5, 0.6) is 11.5 Å². The van der Waals surface area contributed by atoms with E-state index in [0.717, 1.165) is 12.1 Å². The lowest BCUT2D eigenvalue weighted by Crippen LogP contribution is -2.23. The van der Waals surface area contributed by atoms with Gasteiger partial charge in [-0.25, -0.2) is 4.79 Å². The monoisotopic (exact) mass is 449 g/mol. The van der Waals surface area contributed by atoms with Crippen molar-refractivity contribution < 1.29 is 24.1 Å². The van der Waals surface area contributed by atoms with Crippen molar-refractivity contribution in [3.05, 3.63) is 70.2 Å². The standard InChI is InChI=1S/C21H24BrNO5/c1-26-18-11-10-17(19(22)20(18)24)15-23(14-16-8-4-3-5-9-16)12-6-7-13-28-21(25)27-2/h3-11,24H,12-15H2,1-2H3/b7-6+. The lowest BCUT2D eigenvalue weighted by Gasteiger charge is -2.22. The quantitative estimate of drug-likeness (QED) is 0.448. The second-order valence-corrected chi connectivity index (χ2v) is 6.77. The summed E-state index contributed by atoms with van der Waals surface area (Å²) in [7, 11) is 2.79. The third-order valence-electron chi connectivity index (χ3n) is 4.02. The van der Waals surface area contributed by atoms with Crippen LogP contribution in [0.1, 0.15) is 11.1 Å². The maximum atomic E-state index is 11.0. The highest BCUT2D eigenvalue weighted by atomic mass is 79.9. The van der Waals surface area contributed by atoms with Crippen LogP contribution in [-0.2, 0) is 22.6 Å². The van der Waals surface area contributed by atoms with Crippen LogP contribution >= 0.6 is 15.9 Å². The Labute approximate surface area is 173 Å². The molecule has 2 rings (SSSR count). The van der Waals surface area contributed by atoms with Gasteiger partial charge in [0.1, 0.15) is 6.61 Å². The van der Waals surface area contributed by atoms with Gasteiger partial charge in [-0.2, -0.15) is 0 Å². The number of halogens is 1. The summed E-state index contributed by atoms with van der Waals surface area (Å²) in [5.41, 5.74) is 2.11. The van der Waals surface area contributed by atoms with Crippen molar-refractivity contribution in [2.75, 3.05) is 27.4 Å². The first-order valence-electron chi connectivity index (χ1n) is 8.71. The van der Waals surface area contributed by atoms with Crippen LogP contribution in [0.3, 0.4) is 0 Å². The number of phenols is 1. The fourth-order valence-electron chi connectivity index (χ4n) is 2.61. The zero-order valence-electron chi connectivity index (χ0n) is 15.9. The molecule has 0 spiro atoms. The summed E-state index contributed by atoms with van der Waals surface area (Å²) in [6, 6.07) is 13.8. The Morgan fingerprint density at radius 1 is 1.11 bits per heavy atom. The molecule has 7 heteroatoms. The van der Waals surface area contributed by atoms with Crippen molar-refractivity contribution in [1.82, 2.24) is 4.90 Å². The molecule has 0 aromatic heterocycles. The summed E-state index contributed by atoms with van der Waals surface area (Å²) in [4.78, 5) is 13.2. The van der Waals surface area contributed by atoms with E-state index in [1.807, 2.05) is 30.3 Å². The van der Waals surface area contributed by atoms with Gasteiger partial charge in [0.2, 0.25) is 0 Å². The number of nitrogens with zero attached hydrogens (tertiary/aromatic N) is 1. The van der Waals surface area contributed by atoms with E-state index in [4.69, 9.17) is 9.47 Å². The Kier molecular flexibility index (Phi) is 8.84. The molecule has 0 amide bonds. The van der Waals surface area contributed by atoms with E-state index in [-0.39, 0.29) is 12.4 Å². The predicted octanol–water partition coefficient (Wildman–Crippen LogP) is 4.50. The Hall–Kier alpha value is -2.51. The summed E-state index contributed by atoms with van der Waals surface area (Å²) in [5, 5.41) is 10.2. The summed E-state index contributed by atoms with van der Waals surface area (Å²) in [6.07, 6.45) is 3.00. The first-order valence-corrected chi connectivity index (χ1v) is 9.50. The van der Waals surface area contributed by atoms with E-state index in [0.29, 0.717) is 23.3 Å². The molecule has 0 aliphatic rings. The summed E-state index contributed by atoms with van der Waals surface area (Å²) < 4.78 is 15.0. The molecule has 0 unspecified atom stereocenters. The van der Waals surface area contributed by atoms with E-state index in [1.165, 1.54) is 19.8 Å². The van der Waals surface area contributed by atoms with E-state index in [1.54, 1.807) is 12.1 Å². The Bertz CT molecular complexity index is 795. The number of phenolic OH excluding ortho intramolecular Hbond substituents is 1. The number of aromatic hydroxyl groups is 1. The van der Waals surface area contributed by atoms with E-state index in [2.05, 4.69) is 37.7 Å². The van der Waals surface area contributed by atoms with Gasteiger partial charge in [0, 0.05) is 19.6 Å². The number of carbonyl (C=O) groups excluding carboxylic acids is 1. The molecule has 2 aromatic rings. The molecule has 0 saturated carbocycles. The number of rotatable bonds is 9. The molecule has 0 radical (unpaired) electrons. The number of hydrogen-bond acceptors (Lipinski definition) is 6. The molecule has 6 nitrogen and oxygen atoms in total. The smallest absolute Gasteiger partial charge is 0.503 e. The van der Waals surface area contributed by atoms with Crippen molar-refractivity contribution in [3.8, 4) is 11.5 Å². The lowest BCUT2D eigenvalue weighted by atomic mass is 10.1. The highest BCUT2D eigenvalue weighted by molar-refractivity contribution is 9.10. The summed E-state index contributed by atoms with van der Waals surface area (Å²) in [6.45, 7) is 2.12. The third kappa shape index (κ3) is 6.58. The summed E-state index contributed by atoms with van der Waals surface area (Å²) in [5.74, 6) is 0.506. The molecule has 28 heavy (non-hydrogen) atoms. The van der Waals surface area contributed by atoms with Crippen molar-refractivity contribution in [2.45, 2.75) is 13.1 Å². The van der Waals surface area contributed by atoms with Crippen LogP contribution in [0.4, 0.5) is 4.79 Å². The van der Waals surface area contributed by atoms with Crippen LogP contribution in [0.25, 0.3) is 0 Å². The fourth-order valence-corrected chi connectivity index (χ4v) is 3.06. The third-order valence-corrected chi connectivity index (χ3v) is 4.90. The minimum atomic E-state index is -0.705. The number of benzene rings is 2. The number of hydrogen-bond donors (Lipinski definition) is 1. The van der Waals surface area contributed by atoms with Gasteiger partial charge in [-0.05, 0) is 39.2 Å². The van der Waals surface area contributed by atoms with Gasteiger partial charge < -0.3 is 19.3 Å². The minimum absolute atomic E-state index is 0.0849. The molecular formula is C21H24BrNO5. The molecular weight excluding hydrogens is 426 g/mol. The van der Waals surface area contributed by atoms with Crippen LogP contribution in [0, 0.1) is 0 Å². The average Bonchev–Trinajstić information content (AvgIpc) is 2.71. The minimum Gasteiger partial charge on any atom is -0.503 e. The zero-order valence-corrected chi connectivity index (χ0v) is 17.5. The zero-order chi connectivity index (χ0) is 20.4. The SMILES string of the molecule is COC(=O)OC/C=C/CN(Cc1ccccc1)Cc1ccc(OC)c(O)c1Br. The first kappa shape index (κ1) is 21.8. The normalized spacial score (nSPS) is 11.0. The average molecular weight is 450 g/mol. The van der Waals surface area contributed by atoms with Crippen LogP contribution < -0.4 is 4.74 Å². The van der Waals surface area contributed by atoms with E-state index >= 15 is 0 Å². The van der Waals surface area contributed by atoms with Gasteiger partial charge in [0.05, 0.1) is 18.7 Å². The highest BCUT2D eigenvalue weighted by Crippen LogP contribution is 2.37. The van der Waals surface area contributed by atoms with Gasteiger partial charge in [0.15, 0.2) is 11.5 Å². The second kappa shape index (κ2) is 11.4. The molecule has 150 valence electrons. The van der Waals surface area contributed by atoms with Crippen molar-refractivity contribution in [1.29, 1.82) is 0 Å². The van der Waals surface area contributed by atoms with Crippen molar-refractivity contribution in [2.24, 2.45) is 0 Å². The molecule has 0 saturated heterocycles. The molecule has 0 aliphatic heterocycles. The van der Waals surface area contributed by atoms with Gasteiger partial charge in [-0.15, -0.1) is 0 Å². The van der Waals surface area contributed by atoms with Gasteiger partial charge in [-0.1, -0.05) is 42.5 Å². The Morgan fingerprint density at radius 2 is 1.86 bits per heavy atom. The maximum Gasteiger partial charge on any atom is 0.508 e.